The predicted octanol–water partition coefficient (Wildman–Crippen LogP) is -0.872. The first-order valence-electron chi connectivity index (χ1n) is 2.85. The van der Waals surface area contributed by atoms with Crippen molar-refractivity contribution in [1.82, 2.24) is 5.27 Å². The molecule has 0 bridgehead atoms. The summed E-state index contributed by atoms with van der Waals surface area (Å²) in [6.07, 6.45) is 1.48. The van der Waals surface area contributed by atoms with E-state index < -0.39 is 5.90 Å². The molecule has 6 heteroatoms. The van der Waals surface area contributed by atoms with Crippen molar-refractivity contribution in [2.24, 2.45) is 12.0 Å². The monoisotopic (exact) mass is 175 g/mol. The van der Waals surface area contributed by atoms with Gasteiger partial charge in [0.05, 0.1) is 5.88 Å². The Morgan fingerprint density at radius 2 is 2.73 bits per heavy atom. The van der Waals surface area contributed by atoms with Crippen LogP contribution in [-0.4, -0.2) is 17.0 Å². The van der Waals surface area contributed by atoms with Crippen molar-refractivity contribution in [2.45, 2.75) is 0 Å². The summed E-state index contributed by atoms with van der Waals surface area (Å²) in [4.78, 5) is 3.48. The Bertz CT molecular complexity index is 270. The predicted molar refractivity (Wildman–Crippen MR) is 35.5 cm³/mol. The number of hydrogen-bond donors (Lipinski definition) is 0. The summed E-state index contributed by atoms with van der Waals surface area (Å²) < 4.78 is 6.01. The smallest absolute Gasteiger partial charge is 0.320 e. The van der Waals surface area contributed by atoms with E-state index in [1.54, 1.807) is 7.05 Å². The first kappa shape index (κ1) is 8.00. The Morgan fingerprint density at radius 3 is 3.18 bits per heavy atom. The van der Waals surface area contributed by atoms with Gasteiger partial charge in [0.2, 0.25) is 0 Å². The second kappa shape index (κ2) is 3.34. The van der Waals surface area contributed by atoms with Gasteiger partial charge in [-0.05, 0) is 5.90 Å². The van der Waals surface area contributed by atoms with E-state index >= 15 is 0 Å². The molecule has 0 spiro atoms. The largest absolute Gasteiger partial charge is 0.861 e. The Hall–Kier alpha value is -1.10. The molecule has 0 saturated heterocycles. The summed E-state index contributed by atoms with van der Waals surface area (Å²) in [6, 6.07) is 0. The van der Waals surface area contributed by atoms with Crippen LogP contribution in [-0.2, 0) is 7.05 Å². The number of aryl methyl sites for hydroxylation is 1. The lowest BCUT2D eigenvalue weighted by Gasteiger charge is -2.00. The Balaban J connectivity index is 2.78. The second-order valence-corrected chi connectivity index (χ2v) is 2.12. The molecule has 1 heterocycles. The number of aromatic nitrogens is 2. The molecule has 0 N–H and O–H groups in total. The van der Waals surface area contributed by atoms with Crippen molar-refractivity contribution in [2.75, 3.05) is 5.88 Å². The van der Waals surface area contributed by atoms with Gasteiger partial charge in [-0.15, -0.1) is 11.6 Å². The molecule has 0 aromatic carbocycles. The van der Waals surface area contributed by atoms with E-state index in [0.717, 1.165) is 0 Å². The fourth-order valence-corrected chi connectivity index (χ4v) is 0.575. The lowest BCUT2D eigenvalue weighted by Crippen LogP contribution is -2.27. The standard InChI is InChI=1S/C5H6ClN3O2/c1-9-3-5(11-8-9)7-4(10)2-6/h3H,2H2,1H3. The van der Waals surface area contributed by atoms with E-state index in [9.17, 15) is 5.11 Å². The summed E-state index contributed by atoms with van der Waals surface area (Å²) in [5, 5.41) is 14.1. The van der Waals surface area contributed by atoms with Gasteiger partial charge >= 0.3 is 5.88 Å². The third kappa shape index (κ3) is 2.19. The molecule has 0 radical (unpaired) electrons. The van der Waals surface area contributed by atoms with Gasteiger partial charge < -0.3 is 5.11 Å². The normalized spacial score (nSPS) is 12.0. The van der Waals surface area contributed by atoms with Crippen LogP contribution in [0.3, 0.4) is 0 Å². The molecule has 0 fully saturated rings. The zero-order valence-electron chi connectivity index (χ0n) is 5.82. The van der Waals surface area contributed by atoms with Crippen LogP contribution < -0.4 is 9.79 Å². The minimum atomic E-state index is -0.441. The Labute approximate surface area is 67.9 Å². The van der Waals surface area contributed by atoms with Gasteiger partial charge in [-0.3, -0.25) is 4.52 Å². The third-order valence-electron chi connectivity index (χ3n) is 0.910. The van der Waals surface area contributed by atoms with Gasteiger partial charge in [0, 0.05) is 0 Å². The van der Waals surface area contributed by atoms with Gasteiger partial charge in [-0.1, -0.05) is 4.68 Å². The molecule has 0 aliphatic heterocycles. The molecule has 0 unspecified atom stereocenters. The van der Waals surface area contributed by atoms with Crippen LogP contribution in [0.5, 0.6) is 0 Å². The fraction of sp³-hybridized carbons (Fsp3) is 0.400. The highest BCUT2D eigenvalue weighted by Gasteiger charge is 2.02. The maximum atomic E-state index is 10.6. The van der Waals surface area contributed by atoms with Gasteiger partial charge in [-0.2, -0.15) is 0 Å². The van der Waals surface area contributed by atoms with E-state index in [1.165, 1.54) is 10.9 Å². The van der Waals surface area contributed by atoms with E-state index in [1.807, 2.05) is 0 Å². The van der Waals surface area contributed by atoms with Crippen LogP contribution >= 0.6 is 11.6 Å². The number of aliphatic imine (C=N–C) groups is 1. The number of halogens is 1. The quantitative estimate of drug-likeness (QED) is 0.254. The average Bonchev–Trinajstić information content (AvgIpc) is 2.35. The fourth-order valence-electron chi connectivity index (χ4n) is 0.515. The molecule has 1 aromatic rings. The molecule has 1 aromatic heterocycles. The Kier molecular flexibility index (Phi) is 2.43. The lowest BCUT2D eigenvalue weighted by molar-refractivity contribution is -0.739. The first-order valence-corrected chi connectivity index (χ1v) is 3.39. The van der Waals surface area contributed by atoms with Gasteiger partial charge in [0.1, 0.15) is 0 Å². The average molecular weight is 176 g/mol. The molecule has 0 aliphatic rings. The highest BCUT2D eigenvalue weighted by atomic mass is 35.5. The van der Waals surface area contributed by atoms with Crippen LogP contribution in [0.25, 0.3) is 0 Å². The van der Waals surface area contributed by atoms with E-state index in [0.29, 0.717) is 0 Å². The lowest BCUT2D eigenvalue weighted by atomic mass is 10.7. The van der Waals surface area contributed by atoms with Crippen molar-refractivity contribution >= 4 is 23.4 Å². The van der Waals surface area contributed by atoms with Crippen molar-refractivity contribution < 1.29 is 14.3 Å². The summed E-state index contributed by atoms with van der Waals surface area (Å²) in [7, 11) is 1.66. The van der Waals surface area contributed by atoms with Gasteiger partial charge in [-0.25, -0.2) is 4.99 Å². The minimum Gasteiger partial charge on any atom is -0.861 e. The van der Waals surface area contributed by atoms with Crippen molar-refractivity contribution in [3.8, 4) is 0 Å². The molecule has 1 rings (SSSR count). The van der Waals surface area contributed by atoms with Crippen LogP contribution in [0.15, 0.2) is 15.7 Å². The van der Waals surface area contributed by atoms with E-state index in [4.69, 9.17) is 11.6 Å². The highest BCUT2D eigenvalue weighted by molar-refractivity contribution is 6.26. The summed E-state index contributed by atoms with van der Waals surface area (Å²) in [5.74, 6) is -0.425. The summed E-state index contributed by atoms with van der Waals surface area (Å²) in [6.45, 7) is 0. The SMILES string of the molecule is C[n+]1cc(/N=C(/[O-])CCl)on1. The summed E-state index contributed by atoms with van der Waals surface area (Å²) in [5.41, 5.74) is 0. The molecular weight excluding hydrogens is 170 g/mol. The molecular formula is C5H6ClN3O2. The molecule has 0 aliphatic carbocycles. The molecule has 5 nitrogen and oxygen atoms in total. The summed E-state index contributed by atoms with van der Waals surface area (Å²) >= 11 is 5.20. The van der Waals surface area contributed by atoms with Crippen LogP contribution in [0.2, 0.25) is 0 Å². The molecule has 0 saturated carbocycles. The maximum absolute atomic E-state index is 10.6. The van der Waals surface area contributed by atoms with Crippen molar-refractivity contribution in [3.63, 3.8) is 0 Å². The van der Waals surface area contributed by atoms with Crippen molar-refractivity contribution in [3.05, 3.63) is 6.20 Å². The number of rotatable bonds is 2. The first-order chi connectivity index (χ1) is 5.22. The number of nitrogens with zero attached hydrogens (tertiary/aromatic N) is 3. The topological polar surface area (TPSA) is 65.3 Å². The third-order valence-corrected chi connectivity index (χ3v) is 1.14. The molecule has 0 atom stereocenters. The van der Waals surface area contributed by atoms with E-state index in [2.05, 4.69) is 14.8 Å². The number of hydrogen-bond acceptors (Lipinski definition) is 4. The number of alkyl halides is 1. The second-order valence-electron chi connectivity index (χ2n) is 1.85. The Morgan fingerprint density at radius 1 is 2.00 bits per heavy atom. The van der Waals surface area contributed by atoms with Gasteiger partial charge in [0.25, 0.3) is 6.20 Å². The van der Waals surface area contributed by atoms with Crippen LogP contribution in [0, 0.1) is 0 Å². The van der Waals surface area contributed by atoms with Crippen LogP contribution in [0.4, 0.5) is 5.88 Å². The molecule has 11 heavy (non-hydrogen) atoms. The van der Waals surface area contributed by atoms with Crippen molar-refractivity contribution in [1.29, 1.82) is 0 Å². The highest BCUT2D eigenvalue weighted by Crippen LogP contribution is 2.04. The van der Waals surface area contributed by atoms with Crippen LogP contribution in [0.1, 0.15) is 0 Å². The molecule has 60 valence electrons. The zero-order valence-corrected chi connectivity index (χ0v) is 6.58. The van der Waals surface area contributed by atoms with E-state index in [-0.39, 0.29) is 11.8 Å². The maximum Gasteiger partial charge on any atom is 0.320 e. The molecule has 0 amide bonds. The minimum absolute atomic E-state index is 0.148. The van der Waals surface area contributed by atoms with Gasteiger partial charge in [0.15, 0.2) is 12.3 Å². The zero-order chi connectivity index (χ0) is 8.27.